The highest BCUT2D eigenvalue weighted by Crippen LogP contribution is 2.45. The molecule has 0 spiro atoms. The van der Waals surface area contributed by atoms with Gasteiger partial charge in [-0.25, -0.2) is 0 Å². The number of rotatable bonds is 1. The third-order valence-electron chi connectivity index (χ3n) is 3.16. The summed E-state index contributed by atoms with van der Waals surface area (Å²) in [6, 6.07) is 0. The van der Waals surface area contributed by atoms with Crippen molar-refractivity contribution in [3.63, 3.8) is 0 Å². The van der Waals surface area contributed by atoms with Crippen molar-refractivity contribution in [2.24, 2.45) is 17.3 Å². The Balaban J connectivity index is 1.87. The summed E-state index contributed by atoms with van der Waals surface area (Å²) >= 11 is 0. The molecule has 0 aromatic heterocycles. The van der Waals surface area contributed by atoms with Crippen LogP contribution in [0.3, 0.4) is 0 Å². The van der Waals surface area contributed by atoms with Gasteiger partial charge in [0.1, 0.15) is 0 Å². The van der Waals surface area contributed by atoms with E-state index in [1.54, 1.807) is 0 Å². The van der Waals surface area contributed by atoms with Crippen LogP contribution in [0.25, 0.3) is 0 Å². The van der Waals surface area contributed by atoms with Crippen molar-refractivity contribution in [3.8, 4) is 0 Å². The summed E-state index contributed by atoms with van der Waals surface area (Å²) in [4.78, 5) is 0. The van der Waals surface area contributed by atoms with Gasteiger partial charge in [0.25, 0.3) is 0 Å². The van der Waals surface area contributed by atoms with Crippen LogP contribution in [0.1, 0.15) is 40.0 Å². The summed E-state index contributed by atoms with van der Waals surface area (Å²) in [6.45, 7) is 7.96. The molecule has 1 aliphatic carbocycles. The van der Waals surface area contributed by atoms with Gasteiger partial charge < -0.3 is 4.74 Å². The lowest BCUT2D eigenvalue weighted by Crippen LogP contribution is -2.45. The molecule has 3 aliphatic rings. The van der Waals surface area contributed by atoms with Crippen molar-refractivity contribution in [3.05, 3.63) is 0 Å². The summed E-state index contributed by atoms with van der Waals surface area (Å²) in [7, 11) is 0. The zero-order valence-electron chi connectivity index (χ0n) is 8.47. The van der Waals surface area contributed by atoms with Gasteiger partial charge in [-0.1, -0.05) is 20.8 Å². The van der Waals surface area contributed by atoms with E-state index >= 15 is 0 Å². The number of fused-ring (bicyclic) bond motifs is 2. The lowest BCUT2D eigenvalue weighted by molar-refractivity contribution is -0.135. The van der Waals surface area contributed by atoms with Crippen LogP contribution in [0, 0.1) is 17.3 Å². The summed E-state index contributed by atoms with van der Waals surface area (Å²) in [6.07, 6.45) is 4.71. The molecule has 2 bridgehead atoms. The second kappa shape index (κ2) is 2.73. The molecule has 1 saturated carbocycles. The number of hydrogen-bond acceptors (Lipinski definition) is 1. The van der Waals surface area contributed by atoms with Gasteiger partial charge in [0.2, 0.25) is 0 Å². The molecule has 0 radical (unpaired) electrons. The molecular formula is C11H20O. The third kappa shape index (κ3) is 1.66. The van der Waals surface area contributed by atoms with E-state index in [0.29, 0.717) is 11.5 Å². The highest BCUT2D eigenvalue weighted by molar-refractivity contribution is 4.91. The minimum absolute atomic E-state index is 0.438. The van der Waals surface area contributed by atoms with Gasteiger partial charge in [0, 0.05) is 6.61 Å². The van der Waals surface area contributed by atoms with Crippen LogP contribution in [-0.2, 0) is 4.74 Å². The van der Waals surface area contributed by atoms with E-state index in [1.165, 1.54) is 19.3 Å². The molecule has 1 atom stereocenters. The Morgan fingerprint density at radius 2 is 1.92 bits per heavy atom. The van der Waals surface area contributed by atoms with Crippen LogP contribution in [0.5, 0.6) is 0 Å². The van der Waals surface area contributed by atoms with Gasteiger partial charge in [-0.15, -0.1) is 0 Å². The molecular weight excluding hydrogens is 148 g/mol. The SMILES string of the molecule is CC(C)(C)CC1OCC2CC1C2. The van der Waals surface area contributed by atoms with Gasteiger partial charge in [0.05, 0.1) is 6.10 Å². The molecule has 70 valence electrons. The minimum Gasteiger partial charge on any atom is -0.378 e. The van der Waals surface area contributed by atoms with Crippen LogP contribution >= 0.6 is 0 Å². The molecule has 0 amide bonds. The fourth-order valence-corrected chi connectivity index (χ4v) is 2.45. The maximum Gasteiger partial charge on any atom is 0.0608 e. The molecule has 2 heterocycles. The summed E-state index contributed by atoms with van der Waals surface area (Å²) in [5, 5.41) is 0. The Kier molecular flexibility index (Phi) is 1.95. The van der Waals surface area contributed by atoms with Crippen molar-refractivity contribution in [1.82, 2.24) is 0 Å². The molecule has 2 saturated heterocycles. The summed E-state index contributed by atoms with van der Waals surface area (Å²) < 4.78 is 5.82. The molecule has 0 aromatic rings. The van der Waals surface area contributed by atoms with Gasteiger partial charge >= 0.3 is 0 Å². The highest BCUT2D eigenvalue weighted by Gasteiger charge is 2.41. The molecule has 3 fully saturated rings. The number of hydrogen-bond donors (Lipinski definition) is 0. The smallest absolute Gasteiger partial charge is 0.0608 e. The van der Waals surface area contributed by atoms with Crippen molar-refractivity contribution in [2.45, 2.75) is 46.1 Å². The Hall–Kier alpha value is -0.0400. The van der Waals surface area contributed by atoms with Crippen LogP contribution < -0.4 is 0 Å². The van der Waals surface area contributed by atoms with Crippen molar-refractivity contribution >= 4 is 0 Å². The van der Waals surface area contributed by atoms with Gasteiger partial charge in [0.15, 0.2) is 0 Å². The lowest BCUT2D eigenvalue weighted by atomic mass is 9.67. The van der Waals surface area contributed by atoms with E-state index < -0.39 is 0 Å². The average molecular weight is 168 g/mol. The fourth-order valence-electron chi connectivity index (χ4n) is 2.45. The van der Waals surface area contributed by atoms with Crippen LogP contribution in [-0.4, -0.2) is 12.7 Å². The van der Waals surface area contributed by atoms with E-state index in [9.17, 15) is 0 Å². The molecule has 2 aliphatic heterocycles. The first-order valence-electron chi connectivity index (χ1n) is 5.16. The third-order valence-corrected chi connectivity index (χ3v) is 3.16. The Morgan fingerprint density at radius 3 is 2.33 bits per heavy atom. The zero-order valence-corrected chi connectivity index (χ0v) is 8.47. The molecule has 1 heteroatoms. The summed E-state index contributed by atoms with van der Waals surface area (Å²) in [5.74, 6) is 1.83. The Labute approximate surface area is 75.5 Å². The molecule has 0 N–H and O–H groups in total. The number of ether oxygens (including phenoxy) is 1. The van der Waals surface area contributed by atoms with Crippen LogP contribution in [0.2, 0.25) is 0 Å². The molecule has 1 nitrogen and oxygen atoms in total. The van der Waals surface area contributed by atoms with Crippen molar-refractivity contribution in [2.75, 3.05) is 6.61 Å². The van der Waals surface area contributed by atoms with E-state index in [4.69, 9.17) is 4.74 Å². The van der Waals surface area contributed by atoms with Crippen LogP contribution in [0.15, 0.2) is 0 Å². The Bertz CT molecular complexity index is 160. The van der Waals surface area contributed by atoms with Gasteiger partial charge in [-0.05, 0) is 36.5 Å². The Morgan fingerprint density at radius 1 is 1.25 bits per heavy atom. The highest BCUT2D eigenvalue weighted by atomic mass is 16.5. The second-order valence-corrected chi connectivity index (χ2v) is 5.73. The van der Waals surface area contributed by atoms with Crippen molar-refractivity contribution in [1.29, 1.82) is 0 Å². The minimum atomic E-state index is 0.438. The van der Waals surface area contributed by atoms with E-state index in [-0.39, 0.29) is 0 Å². The predicted octanol–water partition coefficient (Wildman–Crippen LogP) is 2.85. The monoisotopic (exact) mass is 168 g/mol. The maximum absolute atomic E-state index is 5.82. The van der Waals surface area contributed by atoms with Crippen molar-refractivity contribution < 1.29 is 4.74 Å². The lowest BCUT2D eigenvalue weighted by Gasteiger charge is -2.48. The summed E-state index contributed by atoms with van der Waals surface area (Å²) in [5.41, 5.74) is 0.438. The molecule has 3 rings (SSSR count). The van der Waals surface area contributed by atoms with E-state index in [0.717, 1.165) is 18.4 Å². The molecule has 12 heavy (non-hydrogen) atoms. The van der Waals surface area contributed by atoms with E-state index in [2.05, 4.69) is 20.8 Å². The van der Waals surface area contributed by atoms with Crippen LogP contribution in [0.4, 0.5) is 0 Å². The molecule has 1 unspecified atom stereocenters. The standard InChI is InChI=1S/C11H20O/c1-11(2,3)6-10-9-4-8(5-9)7-12-10/h8-10H,4-7H2,1-3H3. The fraction of sp³-hybridized carbons (Fsp3) is 1.00. The first-order valence-corrected chi connectivity index (χ1v) is 5.16. The molecule has 0 aromatic carbocycles. The van der Waals surface area contributed by atoms with Gasteiger partial charge in [-0.3, -0.25) is 0 Å². The van der Waals surface area contributed by atoms with E-state index in [1.807, 2.05) is 0 Å². The first kappa shape index (κ1) is 8.55. The zero-order chi connectivity index (χ0) is 8.77. The van der Waals surface area contributed by atoms with Gasteiger partial charge in [-0.2, -0.15) is 0 Å². The predicted molar refractivity (Wildman–Crippen MR) is 50.0 cm³/mol. The topological polar surface area (TPSA) is 9.23 Å². The average Bonchev–Trinajstić information content (AvgIpc) is 1.80. The normalized spacial score (nSPS) is 40.8. The largest absolute Gasteiger partial charge is 0.378 e. The quantitative estimate of drug-likeness (QED) is 0.585. The second-order valence-electron chi connectivity index (χ2n) is 5.73. The first-order chi connectivity index (χ1) is 5.54. The maximum atomic E-state index is 5.82.